The number of ether oxygens (including phenoxy) is 1. The van der Waals surface area contributed by atoms with Crippen LogP contribution in [0.15, 0.2) is 18.2 Å². The van der Waals surface area contributed by atoms with E-state index in [1.54, 1.807) is 7.11 Å². The predicted molar refractivity (Wildman–Crippen MR) is 56.1 cm³/mol. The molecule has 14 heavy (non-hydrogen) atoms. The first-order valence-electron chi connectivity index (χ1n) is 4.45. The molecule has 0 fully saturated rings. The normalized spacial score (nSPS) is 11.9. The Labute approximate surface area is 84.5 Å². The summed E-state index contributed by atoms with van der Waals surface area (Å²) in [5.74, 6) is 3.25. The number of methoxy groups -OCH3 is 1. The number of hydrogen-bond acceptors (Lipinski definition) is 2. The van der Waals surface area contributed by atoms with Gasteiger partial charge in [0.05, 0.1) is 13.2 Å². The van der Waals surface area contributed by atoms with E-state index in [1.807, 2.05) is 25.1 Å². The van der Waals surface area contributed by atoms with Gasteiger partial charge >= 0.3 is 0 Å². The third-order valence-corrected chi connectivity index (χ3v) is 2.11. The zero-order chi connectivity index (χ0) is 10.6. The molecule has 1 unspecified atom stereocenters. The summed E-state index contributed by atoms with van der Waals surface area (Å²) in [6.45, 7) is 1.94. The second kappa shape index (κ2) is 4.69. The Morgan fingerprint density at radius 3 is 2.79 bits per heavy atom. The summed E-state index contributed by atoms with van der Waals surface area (Å²) in [6.07, 6.45) is 4.89. The van der Waals surface area contributed by atoms with Crippen molar-refractivity contribution >= 4 is 0 Å². The maximum atomic E-state index is 9.63. The Bertz CT molecular complexity index is 350. The van der Waals surface area contributed by atoms with Crippen molar-refractivity contribution in [3.63, 3.8) is 0 Å². The van der Waals surface area contributed by atoms with E-state index in [0.717, 1.165) is 16.9 Å². The van der Waals surface area contributed by atoms with E-state index in [4.69, 9.17) is 11.2 Å². The summed E-state index contributed by atoms with van der Waals surface area (Å²) >= 11 is 0. The molecule has 0 saturated heterocycles. The molecule has 0 amide bonds. The molecule has 74 valence electrons. The van der Waals surface area contributed by atoms with Gasteiger partial charge in [0.1, 0.15) is 5.75 Å². The molecule has 0 radical (unpaired) electrons. The number of hydrogen-bond donors (Lipinski definition) is 1. The first-order chi connectivity index (χ1) is 6.69. The van der Waals surface area contributed by atoms with Crippen LogP contribution in [-0.2, 0) is 0 Å². The monoisotopic (exact) mass is 190 g/mol. The molecule has 1 aromatic carbocycles. The van der Waals surface area contributed by atoms with E-state index in [2.05, 4.69) is 5.92 Å². The van der Waals surface area contributed by atoms with Crippen LogP contribution < -0.4 is 4.74 Å². The molecule has 1 atom stereocenters. The fourth-order valence-corrected chi connectivity index (χ4v) is 1.34. The molecule has 0 aliphatic heterocycles. The Balaban J connectivity index is 2.92. The van der Waals surface area contributed by atoms with Crippen LogP contribution in [0.4, 0.5) is 0 Å². The Kier molecular flexibility index (Phi) is 3.55. The quantitative estimate of drug-likeness (QED) is 0.739. The van der Waals surface area contributed by atoms with Crippen LogP contribution in [0.1, 0.15) is 23.7 Å². The van der Waals surface area contributed by atoms with Crippen LogP contribution >= 0.6 is 0 Å². The summed E-state index contributed by atoms with van der Waals surface area (Å²) in [6, 6.07) is 5.55. The highest BCUT2D eigenvalue weighted by molar-refractivity contribution is 5.37. The molecule has 0 heterocycles. The molecule has 0 aliphatic rings. The lowest BCUT2D eigenvalue weighted by atomic mass is 10.0. The van der Waals surface area contributed by atoms with Crippen molar-refractivity contribution in [1.82, 2.24) is 0 Å². The van der Waals surface area contributed by atoms with Crippen LogP contribution in [0.2, 0.25) is 0 Å². The SMILES string of the molecule is C#CCC(O)c1ccc(OC)c(C)c1. The zero-order valence-electron chi connectivity index (χ0n) is 8.45. The fourth-order valence-electron chi connectivity index (χ4n) is 1.34. The summed E-state index contributed by atoms with van der Waals surface area (Å²) in [4.78, 5) is 0. The van der Waals surface area contributed by atoms with Crippen LogP contribution in [0, 0.1) is 19.3 Å². The molecule has 0 aliphatic carbocycles. The van der Waals surface area contributed by atoms with Gasteiger partial charge in [-0.3, -0.25) is 0 Å². The lowest BCUT2D eigenvalue weighted by Crippen LogP contribution is -1.97. The average Bonchev–Trinajstić information content (AvgIpc) is 2.18. The van der Waals surface area contributed by atoms with Gasteiger partial charge in [0, 0.05) is 6.42 Å². The van der Waals surface area contributed by atoms with Crippen molar-refractivity contribution in [3.05, 3.63) is 29.3 Å². The van der Waals surface area contributed by atoms with Crippen LogP contribution in [0.25, 0.3) is 0 Å². The lowest BCUT2D eigenvalue weighted by Gasteiger charge is -2.10. The highest BCUT2D eigenvalue weighted by atomic mass is 16.5. The van der Waals surface area contributed by atoms with Gasteiger partial charge in [0.15, 0.2) is 0 Å². The molecule has 1 N–H and O–H groups in total. The molecular weight excluding hydrogens is 176 g/mol. The number of aryl methyl sites for hydroxylation is 1. The van der Waals surface area contributed by atoms with Gasteiger partial charge in [-0.15, -0.1) is 12.3 Å². The molecular formula is C12H14O2. The van der Waals surface area contributed by atoms with Crippen molar-refractivity contribution < 1.29 is 9.84 Å². The molecule has 0 aromatic heterocycles. The first kappa shape index (κ1) is 10.6. The van der Waals surface area contributed by atoms with Gasteiger partial charge in [-0.1, -0.05) is 6.07 Å². The van der Waals surface area contributed by atoms with Crippen molar-refractivity contribution in [3.8, 4) is 18.1 Å². The van der Waals surface area contributed by atoms with Gasteiger partial charge in [0.25, 0.3) is 0 Å². The number of aliphatic hydroxyl groups is 1. The minimum atomic E-state index is -0.579. The summed E-state index contributed by atoms with van der Waals surface area (Å²) in [5.41, 5.74) is 1.84. The van der Waals surface area contributed by atoms with Crippen molar-refractivity contribution in [2.24, 2.45) is 0 Å². The smallest absolute Gasteiger partial charge is 0.121 e. The fraction of sp³-hybridized carbons (Fsp3) is 0.333. The molecule has 2 heteroatoms. The average molecular weight is 190 g/mol. The number of aliphatic hydroxyl groups excluding tert-OH is 1. The minimum Gasteiger partial charge on any atom is -0.496 e. The van der Waals surface area contributed by atoms with Crippen LogP contribution in [0.5, 0.6) is 5.75 Å². The molecule has 2 nitrogen and oxygen atoms in total. The molecule has 0 bridgehead atoms. The largest absolute Gasteiger partial charge is 0.496 e. The summed E-state index contributed by atoms with van der Waals surface area (Å²) < 4.78 is 5.12. The molecule has 1 aromatic rings. The molecule has 1 rings (SSSR count). The zero-order valence-corrected chi connectivity index (χ0v) is 8.45. The van der Waals surface area contributed by atoms with E-state index >= 15 is 0 Å². The summed E-state index contributed by atoms with van der Waals surface area (Å²) in [5, 5.41) is 9.63. The van der Waals surface area contributed by atoms with E-state index < -0.39 is 6.10 Å². The predicted octanol–water partition coefficient (Wildman–Crippen LogP) is 2.06. The van der Waals surface area contributed by atoms with Gasteiger partial charge in [-0.25, -0.2) is 0 Å². The Morgan fingerprint density at radius 1 is 1.57 bits per heavy atom. The van der Waals surface area contributed by atoms with Crippen molar-refractivity contribution in [2.75, 3.05) is 7.11 Å². The third-order valence-electron chi connectivity index (χ3n) is 2.11. The number of benzene rings is 1. The van der Waals surface area contributed by atoms with E-state index in [-0.39, 0.29) is 0 Å². The first-order valence-corrected chi connectivity index (χ1v) is 4.45. The molecule has 0 spiro atoms. The maximum Gasteiger partial charge on any atom is 0.121 e. The standard InChI is InChI=1S/C12H14O2/c1-4-5-11(13)10-6-7-12(14-3)9(2)8-10/h1,6-8,11,13H,5H2,2-3H3. The van der Waals surface area contributed by atoms with E-state index in [9.17, 15) is 5.11 Å². The Morgan fingerprint density at radius 2 is 2.29 bits per heavy atom. The van der Waals surface area contributed by atoms with Gasteiger partial charge < -0.3 is 9.84 Å². The van der Waals surface area contributed by atoms with Gasteiger partial charge in [-0.2, -0.15) is 0 Å². The number of terminal acetylenes is 1. The highest BCUT2D eigenvalue weighted by Gasteiger charge is 2.07. The van der Waals surface area contributed by atoms with Crippen molar-refractivity contribution in [1.29, 1.82) is 0 Å². The highest BCUT2D eigenvalue weighted by Crippen LogP contribution is 2.23. The number of rotatable bonds is 3. The second-order valence-electron chi connectivity index (χ2n) is 3.15. The second-order valence-corrected chi connectivity index (χ2v) is 3.15. The van der Waals surface area contributed by atoms with Crippen LogP contribution in [-0.4, -0.2) is 12.2 Å². The lowest BCUT2D eigenvalue weighted by molar-refractivity contribution is 0.184. The van der Waals surface area contributed by atoms with Gasteiger partial charge in [0.2, 0.25) is 0 Å². The third kappa shape index (κ3) is 2.27. The minimum absolute atomic E-state index is 0.339. The van der Waals surface area contributed by atoms with E-state index in [0.29, 0.717) is 6.42 Å². The summed E-state index contributed by atoms with van der Waals surface area (Å²) in [7, 11) is 1.62. The Hall–Kier alpha value is -1.46. The van der Waals surface area contributed by atoms with E-state index in [1.165, 1.54) is 0 Å². The molecule has 0 saturated carbocycles. The van der Waals surface area contributed by atoms with Crippen LogP contribution in [0.3, 0.4) is 0 Å². The van der Waals surface area contributed by atoms with Gasteiger partial charge in [-0.05, 0) is 30.2 Å². The topological polar surface area (TPSA) is 29.5 Å². The maximum absolute atomic E-state index is 9.63. The van der Waals surface area contributed by atoms with Crippen molar-refractivity contribution in [2.45, 2.75) is 19.4 Å².